The summed E-state index contributed by atoms with van der Waals surface area (Å²) in [5, 5.41) is 2.62. The van der Waals surface area contributed by atoms with Gasteiger partial charge >= 0.3 is 6.03 Å². The van der Waals surface area contributed by atoms with Gasteiger partial charge in [-0.3, -0.25) is 14.9 Å². The zero-order chi connectivity index (χ0) is 26.0. The van der Waals surface area contributed by atoms with Gasteiger partial charge in [0.25, 0.3) is 11.8 Å². The van der Waals surface area contributed by atoms with Crippen LogP contribution in [-0.4, -0.2) is 25.0 Å². The van der Waals surface area contributed by atoms with Crippen molar-refractivity contribution in [3.8, 4) is 11.5 Å². The fourth-order valence-corrected chi connectivity index (χ4v) is 4.54. The molecule has 1 aliphatic heterocycles. The zero-order valence-corrected chi connectivity index (χ0v) is 22.6. The molecule has 4 rings (SSSR count). The van der Waals surface area contributed by atoms with E-state index in [1.807, 2.05) is 38.1 Å². The number of amides is 4. The molecule has 0 bridgehead atoms. The average molecular weight is 617 g/mol. The molecule has 0 saturated carbocycles. The highest BCUT2D eigenvalue weighted by atomic mass is 127. The molecular weight excluding hydrogens is 595 g/mol. The highest BCUT2D eigenvalue weighted by Gasteiger charge is 2.37. The molecule has 0 unspecified atom stereocenters. The van der Waals surface area contributed by atoms with E-state index in [0.29, 0.717) is 28.7 Å². The number of barbiturate groups is 1. The molecule has 1 N–H and O–H groups in total. The molecule has 184 valence electrons. The van der Waals surface area contributed by atoms with Crippen LogP contribution in [0.5, 0.6) is 11.5 Å². The van der Waals surface area contributed by atoms with E-state index in [4.69, 9.17) is 21.1 Å². The monoisotopic (exact) mass is 616 g/mol. The number of carbonyl (C=O) groups is 3. The highest BCUT2D eigenvalue weighted by Crippen LogP contribution is 2.36. The van der Waals surface area contributed by atoms with Gasteiger partial charge in [-0.15, -0.1) is 0 Å². The molecule has 7 nitrogen and oxygen atoms in total. The summed E-state index contributed by atoms with van der Waals surface area (Å²) in [5.74, 6) is -0.542. The third-order valence-corrected chi connectivity index (χ3v) is 6.79. The Bertz CT molecular complexity index is 1400. The minimum absolute atomic E-state index is 0.197. The molecule has 1 saturated heterocycles. The van der Waals surface area contributed by atoms with Crippen LogP contribution in [-0.2, 0) is 16.2 Å². The number of nitrogens with zero attached hydrogens (tertiary/aromatic N) is 1. The summed E-state index contributed by atoms with van der Waals surface area (Å²) in [6, 6.07) is 15.4. The smallest absolute Gasteiger partial charge is 0.335 e. The van der Waals surface area contributed by atoms with Gasteiger partial charge in [0.15, 0.2) is 11.5 Å². The van der Waals surface area contributed by atoms with Crippen LogP contribution in [0.2, 0.25) is 5.02 Å². The Labute approximate surface area is 227 Å². The number of nitrogens with one attached hydrogen (secondary N) is 1. The van der Waals surface area contributed by atoms with Gasteiger partial charge in [0.1, 0.15) is 12.2 Å². The molecular formula is C27H22ClIN2O5. The van der Waals surface area contributed by atoms with Gasteiger partial charge < -0.3 is 9.47 Å². The van der Waals surface area contributed by atoms with Crippen molar-refractivity contribution in [2.24, 2.45) is 0 Å². The predicted molar refractivity (Wildman–Crippen MR) is 146 cm³/mol. The number of urea groups is 1. The fourth-order valence-electron chi connectivity index (χ4n) is 3.58. The van der Waals surface area contributed by atoms with Crippen molar-refractivity contribution in [2.45, 2.75) is 20.5 Å². The number of carbonyl (C=O) groups excluding carboxylic acids is 3. The molecule has 0 spiro atoms. The fraction of sp³-hybridized carbons (Fsp3) is 0.148. The molecule has 0 aromatic heterocycles. The minimum Gasteiger partial charge on any atom is -0.493 e. The van der Waals surface area contributed by atoms with Crippen LogP contribution in [0.3, 0.4) is 0 Å². The summed E-state index contributed by atoms with van der Waals surface area (Å²) in [6.07, 6.45) is 1.42. The highest BCUT2D eigenvalue weighted by molar-refractivity contribution is 14.1. The first kappa shape index (κ1) is 25.7. The lowest BCUT2D eigenvalue weighted by atomic mass is 10.1. The summed E-state index contributed by atoms with van der Waals surface area (Å²) in [4.78, 5) is 39.2. The van der Waals surface area contributed by atoms with Crippen molar-refractivity contribution in [3.63, 3.8) is 0 Å². The van der Waals surface area contributed by atoms with Crippen LogP contribution in [0.1, 0.15) is 22.3 Å². The predicted octanol–water partition coefficient (Wildman–Crippen LogP) is 5.82. The molecule has 3 aromatic rings. The molecule has 36 heavy (non-hydrogen) atoms. The van der Waals surface area contributed by atoms with Gasteiger partial charge in [-0.25, -0.2) is 9.69 Å². The standard InChI is InChI=1S/C27H22ClIN2O5/c1-15-4-7-17(8-5-15)14-36-24-22(29)11-18(12-23(24)35-3)10-20-25(32)30-27(34)31(26(20)33)19-9-6-16(2)21(28)13-19/h4-13H,14H2,1-3H3,(H,30,32,34)/b20-10-. The first-order valence-electron chi connectivity index (χ1n) is 10.9. The quantitative estimate of drug-likeness (QED) is 0.215. The number of anilines is 1. The van der Waals surface area contributed by atoms with Gasteiger partial charge in [0, 0.05) is 5.02 Å². The molecule has 3 aromatic carbocycles. The normalized spacial score (nSPS) is 14.8. The van der Waals surface area contributed by atoms with Crippen LogP contribution in [0.15, 0.2) is 60.2 Å². The van der Waals surface area contributed by atoms with E-state index in [-0.39, 0.29) is 11.3 Å². The van der Waals surface area contributed by atoms with E-state index in [0.717, 1.165) is 25.2 Å². The number of rotatable bonds is 6. The van der Waals surface area contributed by atoms with Crippen LogP contribution in [0, 0.1) is 17.4 Å². The van der Waals surface area contributed by atoms with Gasteiger partial charge in [-0.1, -0.05) is 47.5 Å². The number of methoxy groups -OCH3 is 1. The van der Waals surface area contributed by atoms with Crippen molar-refractivity contribution >= 4 is 63.8 Å². The molecule has 1 fully saturated rings. The summed E-state index contributed by atoms with van der Waals surface area (Å²) < 4.78 is 12.3. The van der Waals surface area contributed by atoms with Crippen LogP contribution in [0.25, 0.3) is 6.08 Å². The first-order valence-corrected chi connectivity index (χ1v) is 12.4. The Morgan fingerprint density at radius 3 is 2.42 bits per heavy atom. The second-order valence-electron chi connectivity index (χ2n) is 8.20. The molecule has 4 amide bonds. The Morgan fingerprint density at radius 1 is 1.03 bits per heavy atom. The maximum Gasteiger partial charge on any atom is 0.335 e. The number of hydrogen-bond donors (Lipinski definition) is 1. The maximum absolute atomic E-state index is 13.2. The summed E-state index contributed by atoms with van der Waals surface area (Å²) >= 11 is 8.29. The summed E-state index contributed by atoms with van der Waals surface area (Å²) in [6.45, 7) is 4.18. The van der Waals surface area contributed by atoms with Crippen LogP contribution < -0.4 is 19.7 Å². The van der Waals surface area contributed by atoms with Gasteiger partial charge in [-0.2, -0.15) is 0 Å². The lowest BCUT2D eigenvalue weighted by molar-refractivity contribution is -0.122. The summed E-state index contributed by atoms with van der Waals surface area (Å²) in [5.41, 5.74) is 3.57. The number of imide groups is 2. The Hall–Kier alpha value is -3.37. The third-order valence-electron chi connectivity index (χ3n) is 5.58. The topological polar surface area (TPSA) is 84.9 Å². The van der Waals surface area contributed by atoms with Crippen molar-refractivity contribution < 1.29 is 23.9 Å². The van der Waals surface area contributed by atoms with E-state index in [1.165, 1.54) is 19.3 Å². The van der Waals surface area contributed by atoms with Crippen molar-refractivity contribution in [1.82, 2.24) is 5.32 Å². The Balaban J connectivity index is 1.64. The molecule has 1 heterocycles. The molecule has 1 aliphatic rings. The van der Waals surface area contributed by atoms with Crippen molar-refractivity contribution in [1.29, 1.82) is 0 Å². The summed E-state index contributed by atoms with van der Waals surface area (Å²) in [7, 11) is 1.51. The van der Waals surface area contributed by atoms with Crippen molar-refractivity contribution in [2.75, 3.05) is 12.0 Å². The Kier molecular flexibility index (Phi) is 7.65. The Morgan fingerprint density at radius 2 is 1.75 bits per heavy atom. The van der Waals surface area contributed by atoms with Crippen LogP contribution in [0.4, 0.5) is 10.5 Å². The molecule has 9 heteroatoms. The SMILES string of the molecule is COc1cc(/C=C2/C(=O)NC(=O)N(c3ccc(C)c(Cl)c3)C2=O)cc(I)c1OCc1ccc(C)cc1. The minimum atomic E-state index is -0.839. The third kappa shape index (κ3) is 5.39. The lowest BCUT2D eigenvalue weighted by Gasteiger charge is -2.26. The second kappa shape index (κ2) is 10.7. The van der Waals surface area contributed by atoms with E-state index in [2.05, 4.69) is 27.9 Å². The average Bonchev–Trinajstić information content (AvgIpc) is 2.84. The van der Waals surface area contributed by atoms with Gasteiger partial charge in [0.05, 0.1) is 16.4 Å². The maximum atomic E-state index is 13.2. The van der Waals surface area contributed by atoms with Crippen LogP contribution >= 0.6 is 34.2 Å². The number of halogens is 2. The van der Waals surface area contributed by atoms with E-state index in [1.54, 1.807) is 24.3 Å². The number of ether oxygens (including phenoxy) is 2. The van der Waals surface area contributed by atoms with Gasteiger partial charge in [0.2, 0.25) is 0 Å². The number of benzene rings is 3. The number of hydrogen-bond acceptors (Lipinski definition) is 5. The van der Waals surface area contributed by atoms with E-state index >= 15 is 0 Å². The van der Waals surface area contributed by atoms with E-state index < -0.39 is 17.8 Å². The van der Waals surface area contributed by atoms with Crippen molar-refractivity contribution in [3.05, 3.63) is 91.0 Å². The first-order chi connectivity index (χ1) is 17.2. The largest absolute Gasteiger partial charge is 0.493 e. The molecule has 0 aliphatic carbocycles. The lowest BCUT2D eigenvalue weighted by Crippen LogP contribution is -2.54. The molecule has 0 radical (unpaired) electrons. The second-order valence-corrected chi connectivity index (χ2v) is 9.77. The number of aryl methyl sites for hydroxylation is 2. The van der Waals surface area contributed by atoms with E-state index in [9.17, 15) is 14.4 Å². The molecule has 0 atom stereocenters. The zero-order valence-electron chi connectivity index (χ0n) is 19.7. The van der Waals surface area contributed by atoms with Gasteiger partial charge in [-0.05, 0) is 83.5 Å².